The van der Waals surface area contributed by atoms with Crippen LogP contribution >= 0.6 is 11.6 Å². The van der Waals surface area contributed by atoms with Gasteiger partial charge in [-0.25, -0.2) is 9.69 Å². The maximum Gasteiger partial charge on any atom is 0.332 e. The topological polar surface area (TPSA) is 87.2 Å². The molecule has 0 spiro atoms. The van der Waals surface area contributed by atoms with Crippen molar-refractivity contribution in [1.29, 1.82) is 0 Å². The number of carbonyl (C=O) groups excluding carboxylic acids is 4. The number of hydrogen-bond donors (Lipinski definition) is 0. The van der Waals surface area contributed by atoms with Crippen molar-refractivity contribution in [2.45, 2.75) is 44.3 Å². The van der Waals surface area contributed by atoms with Gasteiger partial charge in [0.1, 0.15) is 11.3 Å². The van der Waals surface area contributed by atoms with Crippen molar-refractivity contribution in [3.8, 4) is 5.75 Å². The van der Waals surface area contributed by atoms with Gasteiger partial charge in [-0.3, -0.25) is 19.3 Å². The van der Waals surface area contributed by atoms with Crippen molar-refractivity contribution in [1.82, 2.24) is 9.80 Å². The van der Waals surface area contributed by atoms with Crippen LogP contribution in [0.3, 0.4) is 0 Å². The van der Waals surface area contributed by atoms with Gasteiger partial charge in [0.15, 0.2) is 0 Å². The van der Waals surface area contributed by atoms with E-state index in [0.717, 1.165) is 10.5 Å². The van der Waals surface area contributed by atoms with Crippen LogP contribution < -0.4 is 9.64 Å². The molecule has 3 saturated heterocycles. The minimum Gasteiger partial charge on any atom is -0.497 e. The number of amides is 5. The summed E-state index contributed by atoms with van der Waals surface area (Å²) in [6.07, 6.45) is 0.0697. The van der Waals surface area contributed by atoms with E-state index in [2.05, 4.69) is 0 Å². The van der Waals surface area contributed by atoms with Gasteiger partial charge >= 0.3 is 6.03 Å². The summed E-state index contributed by atoms with van der Waals surface area (Å²) in [5.74, 6) is -2.79. The number of likely N-dealkylation sites (tertiary alicyclic amines) is 1. The molecule has 3 aliphatic rings. The zero-order chi connectivity index (χ0) is 29.3. The Bertz CT molecular complexity index is 1570. The molecule has 4 atom stereocenters. The first kappa shape index (κ1) is 27.0. The average Bonchev–Trinajstić information content (AvgIpc) is 3.46. The molecule has 9 heteroatoms. The molecule has 0 bridgehead atoms. The van der Waals surface area contributed by atoms with Crippen molar-refractivity contribution in [2.75, 3.05) is 12.0 Å². The molecule has 3 aromatic rings. The highest BCUT2D eigenvalue weighted by atomic mass is 35.5. The summed E-state index contributed by atoms with van der Waals surface area (Å²) < 4.78 is 5.34. The molecule has 8 nitrogen and oxygen atoms in total. The molecular formula is C32H30ClN3O5. The average molecular weight is 572 g/mol. The van der Waals surface area contributed by atoms with Crippen molar-refractivity contribution >= 4 is 41.0 Å². The maximum absolute atomic E-state index is 14.8. The molecule has 41 heavy (non-hydrogen) atoms. The van der Waals surface area contributed by atoms with Gasteiger partial charge in [0, 0.05) is 17.0 Å². The summed E-state index contributed by atoms with van der Waals surface area (Å²) in [5.41, 5.74) is -0.733. The number of benzene rings is 3. The molecule has 3 heterocycles. The molecule has 3 unspecified atom stereocenters. The summed E-state index contributed by atoms with van der Waals surface area (Å²) in [7, 11) is 1.55. The largest absolute Gasteiger partial charge is 0.497 e. The van der Waals surface area contributed by atoms with Crippen molar-refractivity contribution in [3.05, 3.63) is 95.0 Å². The van der Waals surface area contributed by atoms with E-state index in [0.29, 0.717) is 22.0 Å². The van der Waals surface area contributed by atoms with E-state index >= 15 is 0 Å². The van der Waals surface area contributed by atoms with Crippen LogP contribution in [0.15, 0.2) is 78.9 Å². The second kappa shape index (κ2) is 9.45. The lowest BCUT2D eigenvalue weighted by Gasteiger charge is -2.38. The number of anilines is 1. The van der Waals surface area contributed by atoms with E-state index < -0.39 is 46.8 Å². The van der Waals surface area contributed by atoms with E-state index in [1.807, 2.05) is 30.3 Å². The number of fused-ring (bicyclic) bond motifs is 3. The Labute approximate surface area is 243 Å². The van der Waals surface area contributed by atoms with Gasteiger partial charge in [0.05, 0.1) is 30.7 Å². The highest BCUT2D eigenvalue weighted by molar-refractivity contribution is 6.32. The fourth-order valence-electron chi connectivity index (χ4n) is 6.82. The Morgan fingerprint density at radius 1 is 0.878 bits per heavy atom. The van der Waals surface area contributed by atoms with Crippen molar-refractivity contribution in [2.24, 2.45) is 11.8 Å². The molecule has 3 aromatic carbocycles. The zero-order valence-corrected chi connectivity index (χ0v) is 24.0. The molecule has 0 N–H and O–H groups in total. The molecule has 3 aliphatic heterocycles. The molecule has 3 fully saturated rings. The number of hydrogen-bond acceptors (Lipinski definition) is 5. The molecular weight excluding hydrogens is 542 g/mol. The summed E-state index contributed by atoms with van der Waals surface area (Å²) in [6.45, 7) is 5.40. The number of carbonyl (C=O) groups is 4. The number of nitrogens with zero attached hydrogens (tertiary/aromatic N) is 3. The van der Waals surface area contributed by atoms with Gasteiger partial charge in [-0.1, -0.05) is 60.1 Å². The van der Waals surface area contributed by atoms with E-state index in [9.17, 15) is 19.2 Å². The van der Waals surface area contributed by atoms with E-state index in [1.165, 1.54) is 9.80 Å². The lowest BCUT2D eigenvalue weighted by Crippen LogP contribution is -2.57. The normalized spacial score (nSPS) is 25.7. The fourth-order valence-corrected chi connectivity index (χ4v) is 7.01. The predicted molar refractivity (Wildman–Crippen MR) is 153 cm³/mol. The van der Waals surface area contributed by atoms with Gasteiger partial charge in [-0.15, -0.1) is 0 Å². The van der Waals surface area contributed by atoms with E-state index in [-0.39, 0.29) is 12.3 Å². The van der Waals surface area contributed by atoms with Crippen LogP contribution in [0.2, 0.25) is 5.02 Å². The van der Waals surface area contributed by atoms with E-state index in [4.69, 9.17) is 16.3 Å². The van der Waals surface area contributed by atoms with Crippen LogP contribution in [0.25, 0.3) is 0 Å². The van der Waals surface area contributed by atoms with Gasteiger partial charge < -0.3 is 9.64 Å². The second-order valence-electron chi connectivity index (χ2n) is 11.8. The number of methoxy groups -OCH3 is 1. The minimum atomic E-state index is -1.64. The predicted octanol–water partition coefficient (Wildman–Crippen LogP) is 5.25. The number of rotatable bonds is 5. The second-order valence-corrected chi connectivity index (χ2v) is 12.2. The van der Waals surface area contributed by atoms with Crippen LogP contribution in [0, 0.1) is 11.8 Å². The molecule has 0 aliphatic carbocycles. The van der Waals surface area contributed by atoms with E-state index in [1.54, 1.807) is 76.4 Å². The number of imide groups is 2. The first-order valence-corrected chi connectivity index (χ1v) is 13.9. The molecule has 6 rings (SSSR count). The lowest BCUT2D eigenvalue weighted by molar-refractivity contribution is -0.149. The first-order chi connectivity index (χ1) is 19.5. The number of halogens is 1. The van der Waals surface area contributed by atoms with Gasteiger partial charge in [-0.05, 0) is 62.2 Å². The van der Waals surface area contributed by atoms with Gasteiger partial charge in [-0.2, -0.15) is 0 Å². The standard InChI is InChI=1S/C32H30ClN3O5/c1-31(2,3)36-27(37)24-25(28(36)38)32(18-19-9-6-5-7-10-19)29(39)34(22-12-8-11-21(33)17-22)30(40)35(32)26(24)20-13-15-23(41-4)16-14-20/h5-17,24-26H,18H2,1-4H3/t24?,25?,26?,32-/m1/s1. The lowest BCUT2D eigenvalue weighted by atomic mass is 9.75. The Hall–Kier alpha value is -4.17. The third-order valence-electron chi connectivity index (χ3n) is 8.40. The summed E-state index contributed by atoms with van der Waals surface area (Å²) in [5, 5.41) is 0.364. The minimum absolute atomic E-state index is 0.0697. The quantitative estimate of drug-likeness (QED) is 0.308. The Kier molecular flexibility index (Phi) is 6.23. The maximum atomic E-state index is 14.8. The molecule has 0 radical (unpaired) electrons. The molecule has 0 aromatic heterocycles. The molecule has 0 saturated carbocycles. The highest BCUT2D eigenvalue weighted by Crippen LogP contribution is 2.60. The van der Waals surface area contributed by atoms with Gasteiger partial charge in [0.2, 0.25) is 11.8 Å². The number of ether oxygens (including phenoxy) is 1. The van der Waals surface area contributed by atoms with Crippen LogP contribution in [0.1, 0.15) is 37.9 Å². The number of urea groups is 1. The monoisotopic (exact) mass is 571 g/mol. The first-order valence-electron chi connectivity index (χ1n) is 13.5. The zero-order valence-electron chi connectivity index (χ0n) is 23.2. The Morgan fingerprint density at radius 3 is 2.17 bits per heavy atom. The smallest absolute Gasteiger partial charge is 0.332 e. The summed E-state index contributed by atoms with van der Waals surface area (Å²) in [6, 6.07) is 21.4. The third-order valence-corrected chi connectivity index (χ3v) is 8.63. The van der Waals surface area contributed by atoms with Gasteiger partial charge in [0.25, 0.3) is 5.91 Å². The van der Waals surface area contributed by atoms with Crippen LogP contribution in [-0.4, -0.2) is 51.7 Å². The fraction of sp³-hybridized carbons (Fsp3) is 0.312. The Morgan fingerprint density at radius 2 is 1.56 bits per heavy atom. The highest BCUT2D eigenvalue weighted by Gasteiger charge is 2.77. The van der Waals surface area contributed by atoms with Crippen LogP contribution in [-0.2, 0) is 20.8 Å². The van der Waals surface area contributed by atoms with Crippen molar-refractivity contribution < 1.29 is 23.9 Å². The SMILES string of the molecule is COc1ccc(C2C3C(=O)N(C(C)(C)C)C(=O)C3[C@]3(Cc4ccccc4)C(=O)N(c4cccc(Cl)c4)C(=O)N23)cc1. The van der Waals surface area contributed by atoms with Crippen LogP contribution in [0.4, 0.5) is 10.5 Å². The van der Waals surface area contributed by atoms with Crippen LogP contribution in [0.5, 0.6) is 5.75 Å². The molecule has 5 amide bonds. The van der Waals surface area contributed by atoms with Crippen molar-refractivity contribution in [3.63, 3.8) is 0 Å². The summed E-state index contributed by atoms with van der Waals surface area (Å²) >= 11 is 6.28. The summed E-state index contributed by atoms with van der Waals surface area (Å²) in [4.78, 5) is 61.7. The molecule has 210 valence electrons. The Balaban J connectivity index is 1.62. The third kappa shape index (κ3) is 3.88.